The number of fused-ring (bicyclic) bond motifs is 1. The Morgan fingerprint density at radius 3 is 2.43 bits per heavy atom. The smallest absolute Gasteiger partial charge is 0.261 e. The van der Waals surface area contributed by atoms with Crippen molar-refractivity contribution in [2.75, 3.05) is 0 Å². The number of thioether (sulfide) groups is 1. The van der Waals surface area contributed by atoms with Crippen molar-refractivity contribution in [1.29, 1.82) is 0 Å². The molecule has 23 heavy (non-hydrogen) atoms. The van der Waals surface area contributed by atoms with Gasteiger partial charge in [-0.25, -0.2) is 13.8 Å². The summed E-state index contributed by atoms with van der Waals surface area (Å²) < 4.78 is 29.2. The van der Waals surface area contributed by atoms with E-state index in [2.05, 4.69) is 4.98 Å². The highest BCUT2D eigenvalue weighted by molar-refractivity contribution is 7.99. The van der Waals surface area contributed by atoms with E-state index in [0.717, 1.165) is 11.8 Å². The Kier molecular flexibility index (Phi) is 4.17. The number of hydrogen-bond acceptors (Lipinski definition) is 3. The normalized spacial score (nSPS) is 12.5. The van der Waals surface area contributed by atoms with E-state index in [0.29, 0.717) is 16.1 Å². The summed E-state index contributed by atoms with van der Waals surface area (Å²) in [7, 11) is 1.61. The molecule has 0 spiro atoms. The first-order valence-corrected chi connectivity index (χ1v) is 7.93. The van der Waals surface area contributed by atoms with Crippen LogP contribution in [0.25, 0.3) is 10.9 Å². The van der Waals surface area contributed by atoms with Crippen molar-refractivity contribution in [3.05, 3.63) is 70.0 Å². The molecule has 1 atom stereocenters. The summed E-state index contributed by atoms with van der Waals surface area (Å²) in [4.78, 5) is 16.8. The molecule has 3 aromatic rings. The number of aromatic nitrogens is 2. The molecule has 1 heterocycles. The molecule has 0 aliphatic rings. The maximum absolute atomic E-state index is 13.9. The van der Waals surface area contributed by atoms with Crippen LogP contribution in [0, 0.1) is 11.6 Å². The highest BCUT2D eigenvalue weighted by Gasteiger charge is 2.19. The van der Waals surface area contributed by atoms with Gasteiger partial charge in [-0.15, -0.1) is 0 Å². The van der Waals surface area contributed by atoms with E-state index < -0.39 is 16.9 Å². The van der Waals surface area contributed by atoms with Crippen molar-refractivity contribution < 1.29 is 8.78 Å². The standard InChI is InChI=1S/C17H14F2N2OS/c1-10(15-12(18)7-5-8-13(15)19)23-17-20-14-9-4-3-6-11(14)16(22)21(17)2/h3-10H,1-2H3. The van der Waals surface area contributed by atoms with E-state index >= 15 is 0 Å². The fourth-order valence-corrected chi connectivity index (χ4v) is 3.47. The van der Waals surface area contributed by atoms with Gasteiger partial charge in [0.1, 0.15) is 11.6 Å². The van der Waals surface area contributed by atoms with E-state index in [1.165, 1.54) is 22.8 Å². The monoisotopic (exact) mass is 332 g/mol. The molecule has 3 rings (SSSR count). The highest BCUT2D eigenvalue weighted by Crippen LogP contribution is 2.36. The van der Waals surface area contributed by atoms with Crippen molar-refractivity contribution >= 4 is 22.7 Å². The van der Waals surface area contributed by atoms with Crippen molar-refractivity contribution in [3.8, 4) is 0 Å². The minimum absolute atomic E-state index is 0.0140. The van der Waals surface area contributed by atoms with Crippen LogP contribution in [0.1, 0.15) is 17.7 Å². The molecule has 0 N–H and O–H groups in total. The molecule has 0 saturated heterocycles. The van der Waals surface area contributed by atoms with Gasteiger partial charge in [-0.05, 0) is 31.2 Å². The summed E-state index contributed by atoms with van der Waals surface area (Å²) in [6, 6.07) is 10.8. The Balaban J connectivity index is 2.05. The van der Waals surface area contributed by atoms with E-state index in [4.69, 9.17) is 0 Å². The van der Waals surface area contributed by atoms with Crippen LogP contribution >= 0.6 is 11.8 Å². The third-order valence-electron chi connectivity index (χ3n) is 3.63. The summed E-state index contributed by atoms with van der Waals surface area (Å²) in [5, 5.41) is 0.420. The second-order valence-corrected chi connectivity index (χ2v) is 6.48. The highest BCUT2D eigenvalue weighted by atomic mass is 32.2. The quantitative estimate of drug-likeness (QED) is 0.536. The van der Waals surface area contributed by atoms with Crippen LogP contribution < -0.4 is 5.56 Å². The molecule has 0 saturated carbocycles. The largest absolute Gasteiger partial charge is 0.290 e. The first-order chi connectivity index (χ1) is 11.0. The molecule has 0 aliphatic heterocycles. The fraction of sp³-hybridized carbons (Fsp3) is 0.176. The van der Waals surface area contributed by atoms with Gasteiger partial charge in [0.2, 0.25) is 0 Å². The Hall–Kier alpha value is -2.21. The van der Waals surface area contributed by atoms with Crippen LogP contribution in [0.5, 0.6) is 0 Å². The van der Waals surface area contributed by atoms with Gasteiger partial charge in [0.15, 0.2) is 5.16 Å². The average Bonchev–Trinajstić information content (AvgIpc) is 2.52. The van der Waals surface area contributed by atoms with Gasteiger partial charge < -0.3 is 0 Å². The zero-order chi connectivity index (χ0) is 16.6. The lowest BCUT2D eigenvalue weighted by atomic mass is 10.1. The summed E-state index contributed by atoms with van der Waals surface area (Å²) in [6.45, 7) is 1.69. The van der Waals surface area contributed by atoms with Gasteiger partial charge in [0, 0.05) is 17.9 Å². The van der Waals surface area contributed by atoms with Crippen LogP contribution in [0.3, 0.4) is 0 Å². The molecule has 118 valence electrons. The van der Waals surface area contributed by atoms with Gasteiger partial charge in [0.05, 0.1) is 10.9 Å². The lowest BCUT2D eigenvalue weighted by Crippen LogP contribution is -2.20. The molecule has 2 aromatic carbocycles. The Labute approximate surface area is 136 Å². The number of rotatable bonds is 3. The molecule has 1 unspecified atom stereocenters. The third kappa shape index (κ3) is 2.86. The predicted octanol–water partition coefficient (Wildman–Crippen LogP) is 4.07. The second kappa shape index (κ2) is 6.12. The topological polar surface area (TPSA) is 34.9 Å². The van der Waals surface area contributed by atoms with Gasteiger partial charge >= 0.3 is 0 Å². The Morgan fingerprint density at radius 2 is 1.74 bits per heavy atom. The predicted molar refractivity (Wildman–Crippen MR) is 87.6 cm³/mol. The molecular weight excluding hydrogens is 318 g/mol. The van der Waals surface area contributed by atoms with E-state index in [1.54, 1.807) is 38.2 Å². The first kappa shape index (κ1) is 15.7. The van der Waals surface area contributed by atoms with E-state index in [1.807, 2.05) is 0 Å². The van der Waals surface area contributed by atoms with Crippen LogP contribution in [0.4, 0.5) is 8.78 Å². The van der Waals surface area contributed by atoms with Gasteiger partial charge in [-0.3, -0.25) is 9.36 Å². The molecule has 0 radical (unpaired) electrons. The molecule has 0 bridgehead atoms. The number of nitrogens with zero attached hydrogens (tertiary/aromatic N) is 2. The molecule has 3 nitrogen and oxygen atoms in total. The number of benzene rings is 2. The van der Waals surface area contributed by atoms with Gasteiger partial charge in [-0.1, -0.05) is 30.0 Å². The Bertz CT molecular complexity index is 919. The summed E-state index contributed by atoms with van der Waals surface area (Å²) in [6.07, 6.45) is 0. The molecule has 0 amide bonds. The lowest BCUT2D eigenvalue weighted by Gasteiger charge is -2.15. The lowest BCUT2D eigenvalue weighted by molar-refractivity contribution is 0.557. The molecule has 1 aromatic heterocycles. The fourth-order valence-electron chi connectivity index (χ4n) is 2.42. The van der Waals surface area contributed by atoms with E-state index in [9.17, 15) is 13.6 Å². The minimum Gasteiger partial charge on any atom is -0.290 e. The van der Waals surface area contributed by atoms with Crippen LogP contribution in [-0.2, 0) is 7.05 Å². The maximum atomic E-state index is 13.9. The SMILES string of the molecule is CC(Sc1nc2ccccc2c(=O)n1C)c1c(F)cccc1F. The summed E-state index contributed by atoms with van der Waals surface area (Å²) in [5.41, 5.74) is 0.374. The Morgan fingerprint density at radius 1 is 1.09 bits per heavy atom. The van der Waals surface area contributed by atoms with Crippen molar-refractivity contribution in [1.82, 2.24) is 9.55 Å². The van der Waals surface area contributed by atoms with Crippen LogP contribution in [0.15, 0.2) is 52.4 Å². The maximum Gasteiger partial charge on any atom is 0.261 e. The third-order valence-corrected chi connectivity index (χ3v) is 4.80. The molecule has 0 fully saturated rings. The molecular formula is C17H14F2N2OS. The first-order valence-electron chi connectivity index (χ1n) is 7.05. The van der Waals surface area contributed by atoms with Crippen molar-refractivity contribution in [2.24, 2.45) is 7.05 Å². The van der Waals surface area contributed by atoms with Gasteiger partial charge in [-0.2, -0.15) is 0 Å². The number of hydrogen-bond donors (Lipinski definition) is 0. The second-order valence-electron chi connectivity index (χ2n) is 5.17. The van der Waals surface area contributed by atoms with Crippen LogP contribution in [-0.4, -0.2) is 9.55 Å². The van der Waals surface area contributed by atoms with E-state index in [-0.39, 0.29) is 11.1 Å². The minimum atomic E-state index is -0.601. The number of halogens is 2. The van der Waals surface area contributed by atoms with Gasteiger partial charge in [0.25, 0.3) is 5.56 Å². The molecule has 0 aliphatic carbocycles. The summed E-state index contributed by atoms with van der Waals surface area (Å²) in [5.74, 6) is -1.20. The zero-order valence-corrected chi connectivity index (χ0v) is 13.4. The van der Waals surface area contributed by atoms with Crippen molar-refractivity contribution in [3.63, 3.8) is 0 Å². The summed E-state index contributed by atoms with van der Waals surface area (Å²) >= 11 is 1.15. The molecule has 6 heteroatoms. The number of para-hydroxylation sites is 1. The van der Waals surface area contributed by atoms with Crippen LogP contribution in [0.2, 0.25) is 0 Å². The average molecular weight is 332 g/mol. The van der Waals surface area contributed by atoms with Crippen molar-refractivity contribution in [2.45, 2.75) is 17.3 Å². The zero-order valence-electron chi connectivity index (χ0n) is 12.6.